The standard InChI is InChI=1S/C33H54O5/c1-18-16-20(27(28(3,4)5)37-19(2)34)38-25-24(18)30(8)14-15-33-17-32(33)13-12-23(35)29(6,7)21(32)10-11-22(33)31(30,9)26(25)36/h18,20-27,35-36H,10-17H2,1-9H3/t18-,20?,21+,22+,23?,24?,25?,26+,27+,30-,31-,32-,33+/m1/s1. The van der Waals surface area contributed by atoms with Crippen LogP contribution in [0.5, 0.6) is 0 Å². The van der Waals surface area contributed by atoms with Gasteiger partial charge < -0.3 is 19.7 Å². The van der Waals surface area contributed by atoms with Crippen molar-refractivity contribution < 1.29 is 24.5 Å². The Morgan fingerprint density at radius 3 is 2.24 bits per heavy atom. The van der Waals surface area contributed by atoms with Gasteiger partial charge in [-0.1, -0.05) is 55.4 Å². The van der Waals surface area contributed by atoms with E-state index in [1.807, 2.05) is 0 Å². The average Bonchev–Trinajstić information content (AvgIpc) is 3.44. The van der Waals surface area contributed by atoms with Crippen LogP contribution in [0.1, 0.15) is 114 Å². The molecule has 6 rings (SSSR count). The molecule has 1 aliphatic heterocycles. The molecule has 6 aliphatic rings. The van der Waals surface area contributed by atoms with E-state index in [1.165, 1.54) is 26.2 Å². The Kier molecular flexibility index (Phi) is 5.79. The van der Waals surface area contributed by atoms with Gasteiger partial charge in [0.2, 0.25) is 0 Å². The highest BCUT2D eigenvalue weighted by Gasteiger charge is 2.84. The first-order valence-corrected chi connectivity index (χ1v) is 15.7. The summed E-state index contributed by atoms with van der Waals surface area (Å²) < 4.78 is 12.8. The van der Waals surface area contributed by atoms with Crippen LogP contribution in [0.15, 0.2) is 0 Å². The average molecular weight is 531 g/mol. The summed E-state index contributed by atoms with van der Waals surface area (Å²) in [4.78, 5) is 12.1. The lowest BCUT2D eigenvalue weighted by atomic mass is 9.41. The maximum absolute atomic E-state index is 12.4. The van der Waals surface area contributed by atoms with E-state index in [4.69, 9.17) is 9.47 Å². The monoisotopic (exact) mass is 530 g/mol. The molecule has 0 aromatic rings. The maximum Gasteiger partial charge on any atom is 0.303 e. The van der Waals surface area contributed by atoms with Crippen LogP contribution in [0.3, 0.4) is 0 Å². The van der Waals surface area contributed by atoms with E-state index in [0.717, 1.165) is 32.1 Å². The number of fused-ring (bicyclic) bond motifs is 4. The Bertz CT molecular complexity index is 1000. The third kappa shape index (κ3) is 3.13. The second-order valence-electron chi connectivity index (χ2n) is 17.0. The van der Waals surface area contributed by atoms with Crippen molar-refractivity contribution in [2.45, 2.75) is 144 Å². The van der Waals surface area contributed by atoms with Crippen LogP contribution in [0, 0.1) is 56.2 Å². The fraction of sp³-hybridized carbons (Fsp3) is 0.970. The van der Waals surface area contributed by atoms with Crippen LogP contribution in [0.4, 0.5) is 0 Å². The summed E-state index contributed by atoms with van der Waals surface area (Å²) in [6.45, 7) is 19.7. The van der Waals surface area contributed by atoms with Gasteiger partial charge in [0.15, 0.2) is 0 Å². The SMILES string of the molecule is CC(=O)O[C@@H](C1C[C@@H](C)C2C(O1)[C@H](O)[C@@]1(C)[C@@H]3CC[C@H]4C(C)(C)C(O)CC[C@@]45C[C@@]35CC[C@]21C)C(C)(C)C. The molecule has 1 heterocycles. The summed E-state index contributed by atoms with van der Waals surface area (Å²) in [6, 6.07) is 0. The first kappa shape index (κ1) is 27.5. The van der Waals surface area contributed by atoms with Gasteiger partial charge in [-0.05, 0) is 96.7 Å². The smallest absolute Gasteiger partial charge is 0.303 e. The number of ether oxygens (including phenoxy) is 2. The Morgan fingerprint density at radius 2 is 1.61 bits per heavy atom. The van der Waals surface area contributed by atoms with E-state index in [1.54, 1.807) is 0 Å². The van der Waals surface area contributed by atoms with E-state index >= 15 is 0 Å². The lowest BCUT2D eigenvalue weighted by Crippen LogP contribution is -2.59. The number of aliphatic hydroxyl groups excluding tert-OH is 2. The van der Waals surface area contributed by atoms with Crippen LogP contribution < -0.4 is 0 Å². The fourth-order valence-corrected chi connectivity index (χ4v) is 12.5. The minimum absolute atomic E-state index is 0.0242. The summed E-state index contributed by atoms with van der Waals surface area (Å²) in [5, 5.41) is 23.3. The Balaban J connectivity index is 1.35. The van der Waals surface area contributed by atoms with Crippen molar-refractivity contribution in [3.8, 4) is 0 Å². The van der Waals surface area contributed by atoms with Crippen LogP contribution in [-0.4, -0.2) is 46.7 Å². The van der Waals surface area contributed by atoms with E-state index in [-0.39, 0.29) is 52.0 Å². The topological polar surface area (TPSA) is 76.0 Å². The third-order valence-corrected chi connectivity index (χ3v) is 14.3. The molecule has 0 aromatic carbocycles. The molecule has 2 N–H and O–H groups in total. The quantitative estimate of drug-likeness (QED) is 0.420. The Labute approximate surface area is 230 Å². The molecule has 2 spiro atoms. The number of rotatable bonds is 2. The van der Waals surface area contributed by atoms with Gasteiger partial charge in [0, 0.05) is 17.8 Å². The molecule has 5 aliphatic carbocycles. The zero-order valence-electron chi connectivity index (χ0n) is 25.5. The number of carbonyl (C=O) groups is 1. The summed E-state index contributed by atoms with van der Waals surface area (Å²) in [7, 11) is 0. The molecule has 5 saturated carbocycles. The normalized spacial score (nSPS) is 55.4. The van der Waals surface area contributed by atoms with Gasteiger partial charge in [-0.2, -0.15) is 0 Å². The number of carbonyl (C=O) groups excluding carboxylic acids is 1. The first-order chi connectivity index (χ1) is 17.5. The van der Waals surface area contributed by atoms with E-state index < -0.39 is 6.10 Å². The molecule has 6 fully saturated rings. The number of esters is 1. The van der Waals surface area contributed by atoms with Crippen molar-refractivity contribution in [2.24, 2.45) is 56.2 Å². The highest BCUT2D eigenvalue weighted by molar-refractivity contribution is 5.66. The van der Waals surface area contributed by atoms with Gasteiger partial charge in [0.05, 0.1) is 24.4 Å². The highest BCUT2D eigenvalue weighted by atomic mass is 16.6. The van der Waals surface area contributed by atoms with Gasteiger partial charge >= 0.3 is 5.97 Å². The molecule has 0 amide bonds. The van der Waals surface area contributed by atoms with Crippen molar-refractivity contribution in [3.05, 3.63) is 0 Å². The molecule has 13 atom stereocenters. The van der Waals surface area contributed by atoms with Crippen molar-refractivity contribution in [3.63, 3.8) is 0 Å². The van der Waals surface area contributed by atoms with Gasteiger partial charge in [0.1, 0.15) is 6.10 Å². The second-order valence-corrected chi connectivity index (χ2v) is 17.0. The molecule has 1 saturated heterocycles. The van der Waals surface area contributed by atoms with Gasteiger partial charge in [-0.15, -0.1) is 0 Å². The van der Waals surface area contributed by atoms with Crippen LogP contribution in [0.25, 0.3) is 0 Å². The van der Waals surface area contributed by atoms with E-state index in [9.17, 15) is 15.0 Å². The first-order valence-electron chi connectivity index (χ1n) is 15.7. The number of hydrogen-bond acceptors (Lipinski definition) is 5. The van der Waals surface area contributed by atoms with Crippen molar-refractivity contribution in [1.29, 1.82) is 0 Å². The molecular formula is C33H54O5. The summed E-state index contributed by atoms with van der Waals surface area (Å²) in [5.74, 6) is 1.52. The number of aliphatic hydroxyl groups is 2. The molecule has 216 valence electrons. The molecule has 0 radical (unpaired) electrons. The number of hydrogen-bond donors (Lipinski definition) is 2. The molecule has 4 unspecified atom stereocenters. The fourth-order valence-electron chi connectivity index (χ4n) is 12.5. The van der Waals surface area contributed by atoms with Crippen molar-refractivity contribution in [1.82, 2.24) is 0 Å². The van der Waals surface area contributed by atoms with Crippen LogP contribution >= 0.6 is 0 Å². The third-order valence-electron chi connectivity index (χ3n) is 14.3. The molecule has 0 bridgehead atoms. The lowest BCUT2D eigenvalue weighted by molar-refractivity contribution is -0.204. The molecular weight excluding hydrogens is 476 g/mol. The van der Waals surface area contributed by atoms with Gasteiger partial charge in [-0.3, -0.25) is 4.79 Å². The Morgan fingerprint density at radius 1 is 0.974 bits per heavy atom. The van der Waals surface area contributed by atoms with Crippen LogP contribution in [-0.2, 0) is 14.3 Å². The van der Waals surface area contributed by atoms with Gasteiger partial charge in [0.25, 0.3) is 0 Å². The Hall–Kier alpha value is -0.650. The largest absolute Gasteiger partial charge is 0.459 e. The molecule has 5 nitrogen and oxygen atoms in total. The summed E-state index contributed by atoms with van der Waals surface area (Å²) in [6.07, 6.45) is 7.50. The molecule has 0 aromatic heterocycles. The van der Waals surface area contributed by atoms with Gasteiger partial charge in [-0.25, -0.2) is 0 Å². The molecule has 38 heavy (non-hydrogen) atoms. The summed E-state index contributed by atoms with van der Waals surface area (Å²) >= 11 is 0. The zero-order valence-corrected chi connectivity index (χ0v) is 25.5. The van der Waals surface area contributed by atoms with Crippen molar-refractivity contribution >= 4 is 5.97 Å². The van der Waals surface area contributed by atoms with E-state index in [2.05, 4.69) is 55.4 Å². The lowest BCUT2D eigenvalue weighted by Gasteiger charge is -2.63. The van der Waals surface area contributed by atoms with E-state index in [0.29, 0.717) is 34.5 Å². The minimum atomic E-state index is -0.515. The highest BCUT2D eigenvalue weighted by Crippen LogP contribution is 2.89. The predicted molar refractivity (Wildman–Crippen MR) is 147 cm³/mol. The van der Waals surface area contributed by atoms with Crippen LogP contribution in [0.2, 0.25) is 0 Å². The zero-order chi connectivity index (χ0) is 27.8. The minimum Gasteiger partial charge on any atom is -0.459 e. The summed E-state index contributed by atoms with van der Waals surface area (Å²) in [5.41, 5.74) is 0.213. The predicted octanol–water partition coefficient (Wildman–Crippen LogP) is 6.14. The second kappa shape index (κ2) is 8.00. The molecule has 5 heteroatoms. The maximum atomic E-state index is 12.4. The van der Waals surface area contributed by atoms with Crippen molar-refractivity contribution in [2.75, 3.05) is 0 Å².